The number of hydrogen-bond donors (Lipinski definition) is 5. The minimum absolute atomic E-state index is 0.817. The fraction of sp³-hybridized carbons (Fsp3) is 0. The van der Waals surface area contributed by atoms with Gasteiger partial charge in [0, 0.05) is 79.1 Å². The summed E-state index contributed by atoms with van der Waals surface area (Å²) in [6, 6.07) is 141. The highest BCUT2D eigenvalue weighted by Crippen LogP contribution is 2.33. The summed E-state index contributed by atoms with van der Waals surface area (Å²) in [5.41, 5.74) is 13.5. The molecule has 0 unspecified atom stereocenters. The first-order valence-corrected chi connectivity index (χ1v) is 32.9. The van der Waals surface area contributed by atoms with Crippen molar-refractivity contribution in [2.75, 3.05) is 26.6 Å². The molecular formula is C92H73N5O. The summed E-state index contributed by atoms with van der Waals surface area (Å²) in [6.45, 7) is 0. The van der Waals surface area contributed by atoms with Crippen molar-refractivity contribution in [2.24, 2.45) is 0 Å². The molecule has 0 fully saturated rings. The molecule has 6 nitrogen and oxygen atoms in total. The second-order valence-electron chi connectivity index (χ2n) is 23.3. The Morgan fingerprint density at radius 1 is 0.153 bits per heavy atom. The summed E-state index contributed by atoms with van der Waals surface area (Å²) < 4.78 is 5.82. The van der Waals surface area contributed by atoms with Gasteiger partial charge in [0.1, 0.15) is 11.5 Å². The highest BCUT2D eigenvalue weighted by Gasteiger charge is 2.07. The van der Waals surface area contributed by atoms with Gasteiger partial charge < -0.3 is 31.3 Å². The SMILES string of the molecule is c1ccc(Nc2ccc(-c3ccccc3)cc2)cc1.c1ccc(Nc2ccc3ccccc3c2)cc1.c1ccc(Nc2cccc(Oc3ccccc3)c2)cc1.c1ccc2c(Nc3cccc4ccccc34)cccc2c1.c1ccc2cc(Nc3cccc4ccccc34)ccc2c1. The standard InChI is InChI=1S/2C20H15N.C18H15NO.C18H15N.C16H13N/c1-3-11-17-15(7-1)9-5-13-19(17)21-20-14-6-10-16-8-2-4-12-18(16)20;1-2-8-17-14-18(13-12-15(17)6-1)21-20-11-5-9-16-7-3-4-10-19(16)20;1-3-8-15(9-4-1)19-16-10-7-13-18(14-16)20-17-11-5-2-6-12-17;1-3-7-15(8-4-1)16-11-13-18(14-12-16)19-17-9-5-2-6-10-17;1-2-8-15(9-3-1)17-16-11-10-13-6-4-5-7-14(13)12-16/h2*1-14,21H;1-14,19H;1-14,19H;1-12,17H. The zero-order valence-corrected chi connectivity index (χ0v) is 54.2. The van der Waals surface area contributed by atoms with Crippen molar-refractivity contribution in [1.29, 1.82) is 0 Å². The van der Waals surface area contributed by atoms with E-state index in [1.807, 2.05) is 127 Å². The molecule has 98 heavy (non-hydrogen) atoms. The monoisotopic (exact) mass is 1260 g/mol. The summed E-state index contributed by atoms with van der Waals surface area (Å²) in [5.74, 6) is 1.65. The Bertz CT molecular complexity index is 5170. The molecular weight excluding hydrogens is 1190 g/mol. The van der Waals surface area contributed by atoms with Crippen LogP contribution in [-0.4, -0.2) is 0 Å². The van der Waals surface area contributed by atoms with E-state index in [1.54, 1.807) is 0 Å². The van der Waals surface area contributed by atoms with Gasteiger partial charge in [0.05, 0.1) is 0 Å². The van der Waals surface area contributed by atoms with Crippen LogP contribution in [0.4, 0.5) is 56.9 Å². The topological polar surface area (TPSA) is 69.4 Å². The van der Waals surface area contributed by atoms with Crippen LogP contribution in [0, 0.1) is 0 Å². The van der Waals surface area contributed by atoms with Crippen LogP contribution in [0.25, 0.3) is 65.0 Å². The molecule has 0 heterocycles. The van der Waals surface area contributed by atoms with Crippen molar-refractivity contribution in [3.8, 4) is 22.6 Å². The van der Waals surface area contributed by atoms with Gasteiger partial charge in [0.15, 0.2) is 0 Å². The van der Waals surface area contributed by atoms with Crippen LogP contribution in [0.1, 0.15) is 0 Å². The molecule has 0 aliphatic heterocycles. The molecule has 0 aliphatic carbocycles. The quantitative estimate of drug-likeness (QED) is 0.0793. The third kappa shape index (κ3) is 17.5. The Labute approximate surface area is 573 Å². The Balaban J connectivity index is 0.000000110. The largest absolute Gasteiger partial charge is 0.457 e. The lowest BCUT2D eigenvalue weighted by Gasteiger charge is -2.12. The summed E-state index contributed by atoms with van der Waals surface area (Å²) in [7, 11) is 0. The average Bonchev–Trinajstić information content (AvgIpc) is 0.900. The van der Waals surface area contributed by atoms with Crippen LogP contribution in [0.15, 0.2) is 413 Å². The maximum Gasteiger partial charge on any atom is 0.129 e. The molecule has 0 aromatic heterocycles. The van der Waals surface area contributed by atoms with Crippen molar-refractivity contribution in [3.05, 3.63) is 413 Å². The molecule has 0 radical (unpaired) electrons. The highest BCUT2D eigenvalue weighted by atomic mass is 16.5. The lowest BCUT2D eigenvalue weighted by Crippen LogP contribution is -1.92. The summed E-state index contributed by atoms with van der Waals surface area (Å²) >= 11 is 0. The lowest BCUT2D eigenvalue weighted by atomic mass is 10.1. The third-order valence-corrected chi connectivity index (χ3v) is 16.4. The van der Waals surface area contributed by atoms with E-state index in [-0.39, 0.29) is 0 Å². The lowest BCUT2D eigenvalue weighted by molar-refractivity contribution is 0.483. The van der Waals surface area contributed by atoms with Crippen LogP contribution in [0.3, 0.4) is 0 Å². The van der Waals surface area contributed by atoms with Gasteiger partial charge in [-0.25, -0.2) is 0 Å². The molecule has 0 saturated carbocycles. The smallest absolute Gasteiger partial charge is 0.129 e. The van der Waals surface area contributed by atoms with Crippen molar-refractivity contribution < 1.29 is 4.74 Å². The number of ether oxygens (including phenoxy) is 1. The number of para-hydroxylation sites is 4. The van der Waals surface area contributed by atoms with Crippen LogP contribution < -0.4 is 31.3 Å². The minimum atomic E-state index is 0.817. The number of nitrogens with one attached hydrogen (secondary N) is 5. The van der Waals surface area contributed by atoms with Crippen molar-refractivity contribution in [2.45, 2.75) is 0 Å². The number of fused-ring (bicyclic) bond motifs is 5. The van der Waals surface area contributed by atoms with Gasteiger partial charge in [-0.05, 0) is 164 Å². The first-order valence-electron chi connectivity index (χ1n) is 32.9. The number of rotatable bonds is 13. The second-order valence-corrected chi connectivity index (χ2v) is 23.3. The summed E-state index contributed by atoms with van der Waals surface area (Å²) in [5, 5.41) is 29.8. The zero-order chi connectivity index (χ0) is 66.2. The number of benzene rings is 17. The predicted molar refractivity (Wildman–Crippen MR) is 420 cm³/mol. The van der Waals surface area contributed by atoms with Gasteiger partial charge in [-0.1, -0.05) is 291 Å². The van der Waals surface area contributed by atoms with E-state index >= 15 is 0 Å². The minimum Gasteiger partial charge on any atom is -0.457 e. The van der Waals surface area contributed by atoms with E-state index in [9.17, 15) is 0 Å². The van der Waals surface area contributed by atoms with E-state index in [4.69, 9.17) is 4.74 Å². The van der Waals surface area contributed by atoms with Crippen molar-refractivity contribution in [3.63, 3.8) is 0 Å². The van der Waals surface area contributed by atoms with Gasteiger partial charge in [-0.2, -0.15) is 0 Å². The highest BCUT2D eigenvalue weighted by molar-refractivity contribution is 6.01. The van der Waals surface area contributed by atoms with Crippen molar-refractivity contribution in [1.82, 2.24) is 0 Å². The van der Waals surface area contributed by atoms with Crippen LogP contribution in [0.2, 0.25) is 0 Å². The molecule has 0 spiro atoms. The van der Waals surface area contributed by atoms with Gasteiger partial charge in [-0.15, -0.1) is 0 Å². The number of anilines is 10. The zero-order valence-electron chi connectivity index (χ0n) is 54.2. The molecule has 0 atom stereocenters. The molecule has 5 N–H and O–H groups in total. The fourth-order valence-corrected chi connectivity index (χ4v) is 11.5. The fourth-order valence-electron chi connectivity index (χ4n) is 11.5. The van der Waals surface area contributed by atoms with E-state index in [1.165, 1.54) is 65.0 Å². The Morgan fingerprint density at radius 2 is 0.439 bits per heavy atom. The molecule has 0 amide bonds. The van der Waals surface area contributed by atoms with Crippen LogP contribution >= 0.6 is 0 Å². The van der Waals surface area contributed by atoms with Crippen molar-refractivity contribution >= 4 is 111 Å². The Morgan fingerprint density at radius 3 is 0.898 bits per heavy atom. The molecule has 17 rings (SSSR count). The normalized spacial score (nSPS) is 10.4. The maximum atomic E-state index is 5.82. The average molecular weight is 1260 g/mol. The van der Waals surface area contributed by atoms with Crippen LogP contribution in [0.5, 0.6) is 11.5 Å². The maximum absolute atomic E-state index is 5.82. The third-order valence-electron chi connectivity index (χ3n) is 16.4. The molecule has 0 bridgehead atoms. The molecule has 17 aromatic carbocycles. The molecule has 0 saturated heterocycles. The van der Waals surface area contributed by atoms with E-state index in [0.29, 0.717) is 0 Å². The van der Waals surface area contributed by atoms with E-state index < -0.39 is 0 Å². The van der Waals surface area contributed by atoms with Gasteiger partial charge in [0.25, 0.3) is 0 Å². The Hall–Kier alpha value is -13.2. The molecule has 472 valence electrons. The first kappa shape index (κ1) is 63.6. The van der Waals surface area contributed by atoms with E-state index in [2.05, 4.69) is 312 Å². The van der Waals surface area contributed by atoms with Gasteiger partial charge >= 0.3 is 0 Å². The predicted octanol–water partition coefficient (Wildman–Crippen LogP) is 26.4. The summed E-state index contributed by atoms with van der Waals surface area (Å²) in [4.78, 5) is 0. The molecule has 17 aromatic rings. The number of hydrogen-bond acceptors (Lipinski definition) is 6. The van der Waals surface area contributed by atoms with E-state index in [0.717, 1.165) is 68.4 Å². The Kier molecular flexibility index (Phi) is 21.2. The van der Waals surface area contributed by atoms with Crippen LogP contribution in [-0.2, 0) is 0 Å². The molecule has 6 heteroatoms. The summed E-state index contributed by atoms with van der Waals surface area (Å²) in [6.07, 6.45) is 0. The first-order chi connectivity index (χ1) is 48.5. The van der Waals surface area contributed by atoms with Gasteiger partial charge in [0.2, 0.25) is 0 Å². The van der Waals surface area contributed by atoms with Gasteiger partial charge in [-0.3, -0.25) is 0 Å². The molecule has 0 aliphatic rings. The second kappa shape index (κ2) is 32.6.